The minimum atomic E-state index is -0.732. The van der Waals surface area contributed by atoms with E-state index in [1.165, 1.54) is 31.4 Å². The average molecular weight is 517 g/mol. The Bertz CT molecular complexity index is 1580. The fourth-order valence-electron chi connectivity index (χ4n) is 4.50. The van der Waals surface area contributed by atoms with Crippen LogP contribution in [-0.2, 0) is 17.6 Å². The number of methoxy groups -OCH3 is 1. The molecule has 0 spiro atoms. The van der Waals surface area contributed by atoms with Gasteiger partial charge in [0.2, 0.25) is 11.8 Å². The zero-order chi connectivity index (χ0) is 26.6. The van der Waals surface area contributed by atoms with Gasteiger partial charge in [0.1, 0.15) is 17.5 Å². The van der Waals surface area contributed by atoms with Gasteiger partial charge in [-0.3, -0.25) is 9.78 Å². The number of rotatable bonds is 8. The van der Waals surface area contributed by atoms with Crippen molar-refractivity contribution in [3.8, 4) is 17.0 Å². The van der Waals surface area contributed by atoms with Crippen molar-refractivity contribution in [2.24, 2.45) is 0 Å². The maximum Gasteiger partial charge on any atom is 0.225 e. The van der Waals surface area contributed by atoms with Crippen LogP contribution in [0.1, 0.15) is 22.9 Å². The van der Waals surface area contributed by atoms with Gasteiger partial charge in [0, 0.05) is 52.8 Å². The maximum atomic E-state index is 14.0. The summed E-state index contributed by atoms with van der Waals surface area (Å²) in [6.45, 7) is 0. The number of nitrogens with one attached hydrogen (secondary N) is 2. The summed E-state index contributed by atoms with van der Waals surface area (Å²) in [5.41, 5.74) is 3.60. The van der Waals surface area contributed by atoms with E-state index in [0.29, 0.717) is 39.2 Å². The Morgan fingerprint density at radius 1 is 1.00 bits per heavy atom. The molecule has 0 saturated carbocycles. The number of ether oxygens (including phenoxy) is 1. The number of aromatic nitrogens is 3. The molecule has 0 aliphatic rings. The topological polar surface area (TPSA) is 79.9 Å². The van der Waals surface area contributed by atoms with E-state index < -0.39 is 23.5 Å². The molecule has 192 valence electrons. The van der Waals surface area contributed by atoms with Gasteiger partial charge < -0.3 is 15.0 Å². The van der Waals surface area contributed by atoms with E-state index in [1.807, 2.05) is 12.1 Å². The molecule has 0 aliphatic carbocycles. The second-order valence-electron chi connectivity index (χ2n) is 8.81. The average Bonchev–Trinajstić information content (AvgIpc) is 3.29. The number of fused-ring (bicyclic) bond motifs is 1. The third kappa shape index (κ3) is 5.51. The summed E-state index contributed by atoms with van der Waals surface area (Å²) in [7, 11) is 1.52. The molecule has 0 radical (unpaired) electrons. The van der Waals surface area contributed by atoms with Crippen LogP contribution < -0.4 is 10.1 Å². The zero-order valence-corrected chi connectivity index (χ0v) is 20.3. The third-order valence-electron chi connectivity index (χ3n) is 6.20. The summed E-state index contributed by atoms with van der Waals surface area (Å²) >= 11 is 0. The molecule has 0 unspecified atom stereocenters. The highest BCUT2D eigenvalue weighted by atomic mass is 19.1. The molecule has 5 aromatic rings. The maximum absolute atomic E-state index is 14.0. The van der Waals surface area contributed by atoms with Gasteiger partial charge in [0.05, 0.1) is 25.3 Å². The molecule has 2 aromatic carbocycles. The molecule has 1 amide bonds. The molecule has 0 saturated heterocycles. The minimum absolute atomic E-state index is 0.0380. The van der Waals surface area contributed by atoms with Crippen LogP contribution in [0.3, 0.4) is 0 Å². The number of nitrogens with zero attached hydrogens (tertiary/aromatic N) is 2. The second kappa shape index (κ2) is 10.8. The summed E-state index contributed by atoms with van der Waals surface area (Å²) in [4.78, 5) is 25.1. The molecule has 3 heterocycles. The Balaban J connectivity index is 1.49. The van der Waals surface area contributed by atoms with E-state index in [2.05, 4.69) is 20.3 Å². The SMILES string of the molecule is COc1ccc(-c2cccnc2[C@H](Cc2cc(F)cc(F)c2)NC(=O)Cc2c[nH]c3ccc(F)cc23)cn1. The van der Waals surface area contributed by atoms with Crippen LogP contribution in [0.5, 0.6) is 5.88 Å². The molecule has 2 N–H and O–H groups in total. The van der Waals surface area contributed by atoms with E-state index in [0.717, 1.165) is 11.6 Å². The Morgan fingerprint density at radius 2 is 1.82 bits per heavy atom. The Labute approximate surface area is 216 Å². The highest BCUT2D eigenvalue weighted by Gasteiger charge is 2.22. The highest BCUT2D eigenvalue weighted by Crippen LogP contribution is 2.30. The Hall–Kier alpha value is -4.66. The monoisotopic (exact) mass is 516 g/mol. The molecule has 9 heteroatoms. The van der Waals surface area contributed by atoms with Crippen LogP contribution in [0.25, 0.3) is 22.0 Å². The minimum Gasteiger partial charge on any atom is -0.481 e. The van der Waals surface area contributed by atoms with Gasteiger partial charge in [-0.05, 0) is 60.0 Å². The fraction of sp³-hybridized carbons (Fsp3) is 0.138. The number of carbonyl (C=O) groups is 1. The van der Waals surface area contributed by atoms with Crippen LogP contribution in [0.4, 0.5) is 13.2 Å². The predicted octanol–water partition coefficient (Wildman–Crippen LogP) is 5.69. The zero-order valence-electron chi connectivity index (χ0n) is 20.3. The van der Waals surface area contributed by atoms with Crippen molar-refractivity contribution in [1.29, 1.82) is 0 Å². The summed E-state index contributed by atoms with van der Waals surface area (Å²) in [6.07, 6.45) is 4.92. The number of hydrogen-bond acceptors (Lipinski definition) is 4. The Morgan fingerprint density at radius 3 is 2.55 bits per heavy atom. The number of carbonyl (C=O) groups excluding carboxylic acids is 1. The lowest BCUT2D eigenvalue weighted by Crippen LogP contribution is -2.32. The van der Waals surface area contributed by atoms with Crippen LogP contribution in [0, 0.1) is 17.5 Å². The van der Waals surface area contributed by atoms with Crippen molar-refractivity contribution in [3.63, 3.8) is 0 Å². The van der Waals surface area contributed by atoms with Gasteiger partial charge >= 0.3 is 0 Å². The lowest BCUT2D eigenvalue weighted by atomic mass is 9.96. The number of H-pyrrole nitrogens is 1. The quantitative estimate of drug-likeness (QED) is 0.278. The Kier molecular flexibility index (Phi) is 7.08. The van der Waals surface area contributed by atoms with Gasteiger partial charge in [0.15, 0.2) is 0 Å². The first kappa shape index (κ1) is 25.0. The first-order chi connectivity index (χ1) is 18.4. The van der Waals surface area contributed by atoms with Crippen LogP contribution in [0.2, 0.25) is 0 Å². The lowest BCUT2D eigenvalue weighted by molar-refractivity contribution is -0.121. The van der Waals surface area contributed by atoms with E-state index >= 15 is 0 Å². The van der Waals surface area contributed by atoms with Crippen LogP contribution >= 0.6 is 0 Å². The smallest absolute Gasteiger partial charge is 0.225 e. The molecular weight excluding hydrogens is 493 g/mol. The van der Waals surface area contributed by atoms with Gasteiger partial charge in [-0.1, -0.05) is 6.07 Å². The molecule has 0 aliphatic heterocycles. The predicted molar refractivity (Wildman–Crippen MR) is 137 cm³/mol. The van der Waals surface area contributed by atoms with E-state index in [1.54, 1.807) is 36.8 Å². The summed E-state index contributed by atoms with van der Waals surface area (Å²) in [6, 6.07) is 13.9. The van der Waals surface area contributed by atoms with Crippen molar-refractivity contribution in [2.75, 3.05) is 7.11 Å². The first-order valence-corrected chi connectivity index (χ1v) is 11.8. The number of benzene rings is 2. The fourth-order valence-corrected chi connectivity index (χ4v) is 4.50. The van der Waals surface area contributed by atoms with Gasteiger partial charge in [-0.25, -0.2) is 18.2 Å². The number of pyridine rings is 2. The van der Waals surface area contributed by atoms with E-state index in [-0.39, 0.29) is 18.7 Å². The number of hydrogen-bond donors (Lipinski definition) is 2. The number of aromatic amines is 1. The molecule has 0 fully saturated rings. The van der Waals surface area contributed by atoms with Crippen LogP contribution in [0.15, 0.2) is 79.3 Å². The molecule has 6 nitrogen and oxygen atoms in total. The van der Waals surface area contributed by atoms with Gasteiger partial charge in [-0.15, -0.1) is 0 Å². The number of halogens is 3. The molecule has 5 rings (SSSR count). The van der Waals surface area contributed by atoms with Gasteiger partial charge in [0.25, 0.3) is 0 Å². The van der Waals surface area contributed by atoms with E-state index in [9.17, 15) is 18.0 Å². The highest BCUT2D eigenvalue weighted by molar-refractivity contribution is 5.89. The molecule has 1 atom stereocenters. The summed E-state index contributed by atoms with van der Waals surface area (Å²) in [5, 5.41) is 3.58. The summed E-state index contributed by atoms with van der Waals surface area (Å²) in [5.74, 6) is -1.76. The molecule has 3 aromatic heterocycles. The normalized spacial score (nSPS) is 11.9. The van der Waals surface area contributed by atoms with Gasteiger partial charge in [-0.2, -0.15) is 0 Å². The van der Waals surface area contributed by atoms with Crippen molar-refractivity contribution >= 4 is 16.8 Å². The molecule has 38 heavy (non-hydrogen) atoms. The first-order valence-electron chi connectivity index (χ1n) is 11.8. The lowest BCUT2D eigenvalue weighted by Gasteiger charge is -2.21. The molecular formula is C29H23F3N4O2. The largest absolute Gasteiger partial charge is 0.481 e. The second-order valence-corrected chi connectivity index (χ2v) is 8.81. The standard InChI is InChI=1S/C29H23F3N4O2/c1-38-28-7-4-18(15-35-28)23-3-2-8-33-29(23)26(11-17-9-21(31)13-22(32)10-17)36-27(37)12-19-16-34-25-6-5-20(30)14-24(19)25/h2-10,13-16,26,34H,11-12H2,1H3,(H,36,37)/t26-/m0/s1. The van der Waals surface area contributed by atoms with Crippen molar-refractivity contribution < 1.29 is 22.7 Å². The number of amides is 1. The van der Waals surface area contributed by atoms with Crippen molar-refractivity contribution in [2.45, 2.75) is 18.9 Å². The third-order valence-corrected chi connectivity index (χ3v) is 6.20. The van der Waals surface area contributed by atoms with E-state index in [4.69, 9.17) is 4.74 Å². The van der Waals surface area contributed by atoms with Crippen LogP contribution in [-0.4, -0.2) is 28.0 Å². The van der Waals surface area contributed by atoms with Crippen molar-refractivity contribution in [3.05, 3.63) is 114 Å². The summed E-state index contributed by atoms with van der Waals surface area (Å²) < 4.78 is 47.0. The molecule has 0 bridgehead atoms. The van der Waals surface area contributed by atoms with Crippen molar-refractivity contribution in [1.82, 2.24) is 20.3 Å².